The fourth-order valence-electron chi connectivity index (χ4n) is 3.07. The van der Waals surface area contributed by atoms with Crippen molar-refractivity contribution in [1.29, 1.82) is 0 Å². The molecule has 2 aliphatic heterocycles. The van der Waals surface area contributed by atoms with E-state index in [0.717, 1.165) is 0 Å². The van der Waals surface area contributed by atoms with Crippen LogP contribution in [0.5, 0.6) is 0 Å². The molecule has 0 radical (unpaired) electrons. The fourth-order valence-corrected chi connectivity index (χ4v) is 3.07. The molecule has 2 aliphatic rings. The zero-order chi connectivity index (χ0) is 15.9. The van der Waals surface area contributed by atoms with Gasteiger partial charge in [0.1, 0.15) is 18.3 Å². The lowest BCUT2D eigenvalue weighted by Crippen LogP contribution is -2.63. The van der Waals surface area contributed by atoms with Crippen LogP contribution < -0.4 is 5.73 Å². The van der Waals surface area contributed by atoms with Gasteiger partial charge in [-0.3, -0.25) is 0 Å². The maximum Gasteiger partial charge on any atom is 0.160 e. The van der Waals surface area contributed by atoms with Gasteiger partial charge in [-0.2, -0.15) is 0 Å². The minimum atomic E-state index is -1.06. The van der Waals surface area contributed by atoms with Crippen molar-refractivity contribution < 1.29 is 29.5 Å². The number of hydrogen-bond acceptors (Lipinski definition) is 7. The standard InChI is InChI=1S/C14H27NO6/c1-6-10(16)11(17)12(7(2)19-6)21-9-5-14(4,15)13(18)8(3)20-9/h6-13,16-18H,5,15H2,1-4H3/t6?,7?,8-,9-,10?,11-,12+,13+,14?/m0/s1. The first-order valence-electron chi connectivity index (χ1n) is 7.43. The summed E-state index contributed by atoms with van der Waals surface area (Å²) in [4.78, 5) is 0. The molecule has 0 aliphatic carbocycles. The van der Waals surface area contributed by atoms with Crippen LogP contribution in [0, 0.1) is 0 Å². The number of aliphatic hydroxyl groups excluding tert-OH is 3. The van der Waals surface area contributed by atoms with Crippen LogP contribution in [0.2, 0.25) is 0 Å². The summed E-state index contributed by atoms with van der Waals surface area (Å²) in [5, 5.41) is 30.1. The summed E-state index contributed by atoms with van der Waals surface area (Å²) < 4.78 is 16.9. The number of aliphatic hydroxyl groups is 3. The van der Waals surface area contributed by atoms with Crippen LogP contribution in [-0.2, 0) is 14.2 Å². The van der Waals surface area contributed by atoms with E-state index in [1.807, 2.05) is 0 Å². The lowest BCUT2D eigenvalue weighted by molar-refractivity contribution is -0.301. The number of ether oxygens (including phenoxy) is 3. The van der Waals surface area contributed by atoms with Crippen LogP contribution in [0.4, 0.5) is 0 Å². The molecule has 4 unspecified atom stereocenters. The van der Waals surface area contributed by atoms with Crippen molar-refractivity contribution in [1.82, 2.24) is 0 Å². The molecule has 2 saturated heterocycles. The summed E-state index contributed by atoms with van der Waals surface area (Å²) in [6.45, 7) is 6.94. The zero-order valence-corrected chi connectivity index (χ0v) is 13.0. The van der Waals surface area contributed by atoms with Gasteiger partial charge in [0.05, 0.1) is 24.4 Å². The van der Waals surface area contributed by atoms with Gasteiger partial charge in [0.25, 0.3) is 0 Å². The first kappa shape index (κ1) is 17.1. The van der Waals surface area contributed by atoms with E-state index in [1.165, 1.54) is 0 Å². The second kappa shape index (κ2) is 6.08. The molecule has 0 aromatic carbocycles. The molecule has 0 aromatic rings. The molecule has 2 fully saturated rings. The Labute approximate surface area is 125 Å². The largest absolute Gasteiger partial charge is 0.389 e. The summed E-state index contributed by atoms with van der Waals surface area (Å²) in [5.41, 5.74) is 5.24. The van der Waals surface area contributed by atoms with E-state index in [9.17, 15) is 15.3 Å². The Bertz CT molecular complexity index is 365. The van der Waals surface area contributed by atoms with E-state index in [4.69, 9.17) is 19.9 Å². The van der Waals surface area contributed by atoms with E-state index in [-0.39, 0.29) is 6.10 Å². The lowest BCUT2D eigenvalue weighted by atomic mass is 9.86. The monoisotopic (exact) mass is 305 g/mol. The van der Waals surface area contributed by atoms with Crippen molar-refractivity contribution in [3.05, 3.63) is 0 Å². The summed E-state index contributed by atoms with van der Waals surface area (Å²) in [6.07, 6.45) is -5.24. The normalized spacial score (nSPS) is 55.4. The van der Waals surface area contributed by atoms with Gasteiger partial charge in [0.2, 0.25) is 0 Å². The van der Waals surface area contributed by atoms with Crippen molar-refractivity contribution in [2.45, 2.75) is 88.7 Å². The van der Waals surface area contributed by atoms with Gasteiger partial charge < -0.3 is 35.3 Å². The Kier molecular flexibility index (Phi) is 4.94. The Morgan fingerprint density at radius 2 is 1.62 bits per heavy atom. The minimum Gasteiger partial charge on any atom is -0.389 e. The topological polar surface area (TPSA) is 114 Å². The first-order valence-corrected chi connectivity index (χ1v) is 7.43. The lowest BCUT2D eigenvalue weighted by Gasteiger charge is -2.46. The summed E-state index contributed by atoms with van der Waals surface area (Å²) in [7, 11) is 0. The Morgan fingerprint density at radius 3 is 2.19 bits per heavy atom. The highest BCUT2D eigenvalue weighted by molar-refractivity contribution is 4.96. The maximum absolute atomic E-state index is 10.2. The quantitative estimate of drug-likeness (QED) is 0.523. The van der Waals surface area contributed by atoms with E-state index < -0.39 is 48.5 Å². The molecule has 0 amide bonds. The second-order valence-corrected chi connectivity index (χ2v) is 6.55. The molecular formula is C14H27NO6. The van der Waals surface area contributed by atoms with E-state index in [1.54, 1.807) is 27.7 Å². The fraction of sp³-hybridized carbons (Fsp3) is 1.00. The Hall–Kier alpha value is -0.280. The van der Waals surface area contributed by atoms with E-state index in [2.05, 4.69) is 0 Å². The van der Waals surface area contributed by atoms with Crippen molar-refractivity contribution in [3.8, 4) is 0 Å². The third-order valence-corrected chi connectivity index (χ3v) is 4.46. The molecule has 0 saturated carbocycles. The van der Waals surface area contributed by atoms with Gasteiger partial charge in [0, 0.05) is 12.0 Å². The second-order valence-electron chi connectivity index (χ2n) is 6.55. The molecule has 2 rings (SSSR count). The van der Waals surface area contributed by atoms with Crippen molar-refractivity contribution in [2.75, 3.05) is 0 Å². The van der Waals surface area contributed by atoms with Gasteiger partial charge in [-0.1, -0.05) is 0 Å². The Morgan fingerprint density at radius 1 is 1.00 bits per heavy atom. The summed E-state index contributed by atoms with van der Waals surface area (Å²) in [5.74, 6) is 0. The highest BCUT2D eigenvalue weighted by Gasteiger charge is 2.47. The SMILES string of the molecule is CC1OC(C)[C@@H](O[C@H]2CC(C)(N)[C@H](O)[C@H](C)O2)[C@@H](O)C1O. The first-order chi connectivity index (χ1) is 9.63. The average molecular weight is 305 g/mol. The smallest absolute Gasteiger partial charge is 0.160 e. The van der Waals surface area contributed by atoms with Crippen LogP contribution in [0.15, 0.2) is 0 Å². The molecule has 0 bridgehead atoms. The summed E-state index contributed by atoms with van der Waals surface area (Å²) >= 11 is 0. The molecule has 21 heavy (non-hydrogen) atoms. The zero-order valence-electron chi connectivity index (χ0n) is 13.0. The predicted molar refractivity (Wildman–Crippen MR) is 74.4 cm³/mol. The third kappa shape index (κ3) is 3.39. The molecular weight excluding hydrogens is 278 g/mol. The van der Waals surface area contributed by atoms with E-state index >= 15 is 0 Å². The van der Waals surface area contributed by atoms with Gasteiger partial charge in [-0.15, -0.1) is 0 Å². The van der Waals surface area contributed by atoms with Gasteiger partial charge in [-0.05, 0) is 27.7 Å². The molecule has 7 nitrogen and oxygen atoms in total. The molecule has 2 heterocycles. The molecule has 9 atom stereocenters. The molecule has 0 spiro atoms. The molecule has 124 valence electrons. The molecule has 5 N–H and O–H groups in total. The maximum atomic E-state index is 10.2. The molecule has 0 aromatic heterocycles. The van der Waals surface area contributed by atoms with Gasteiger partial charge in [-0.25, -0.2) is 0 Å². The average Bonchev–Trinajstić information content (AvgIpc) is 2.38. The number of rotatable bonds is 2. The van der Waals surface area contributed by atoms with Gasteiger partial charge >= 0.3 is 0 Å². The van der Waals surface area contributed by atoms with Crippen molar-refractivity contribution in [3.63, 3.8) is 0 Å². The number of nitrogens with two attached hydrogens (primary N) is 1. The van der Waals surface area contributed by atoms with Crippen LogP contribution in [0.3, 0.4) is 0 Å². The van der Waals surface area contributed by atoms with Crippen LogP contribution in [-0.4, -0.2) is 69.9 Å². The minimum absolute atomic E-state index is 0.292. The summed E-state index contributed by atoms with van der Waals surface area (Å²) in [6, 6.07) is 0. The van der Waals surface area contributed by atoms with Crippen molar-refractivity contribution in [2.24, 2.45) is 5.73 Å². The number of hydrogen-bond donors (Lipinski definition) is 4. The van der Waals surface area contributed by atoms with Crippen LogP contribution >= 0.6 is 0 Å². The van der Waals surface area contributed by atoms with Gasteiger partial charge in [0.15, 0.2) is 6.29 Å². The highest BCUT2D eigenvalue weighted by Crippen LogP contribution is 2.31. The van der Waals surface area contributed by atoms with Crippen LogP contribution in [0.25, 0.3) is 0 Å². The Balaban J connectivity index is 2.04. The predicted octanol–water partition coefficient (Wildman–Crippen LogP) is -0.886. The third-order valence-electron chi connectivity index (χ3n) is 4.46. The van der Waals surface area contributed by atoms with Crippen molar-refractivity contribution >= 4 is 0 Å². The van der Waals surface area contributed by atoms with Crippen LogP contribution in [0.1, 0.15) is 34.1 Å². The molecule has 7 heteroatoms. The van der Waals surface area contributed by atoms with E-state index in [0.29, 0.717) is 6.42 Å². The highest BCUT2D eigenvalue weighted by atomic mass is 16.7.